The molecule has 0 bridgehead atoms. The molecule has 0 radical (unpaired) electrons. The molecule has 0 saturated carbocycles. The van der Waals surface area contributed by atoms with Gasteiger partial charge in [-0.2, -0.15) is 5.26 Å². The minimum Gasteiger partial charge on any atom is -0.487 e. The molecule has 0 unspecified atom stereocenters. The molecule has 2 aromatic carbocycles. The van der Waals surface area contributed by atoms with Crippen molar-refractivity contribution in [3.05, 3.63) is 73.8 Å². The highest BCUT2D eigenvalue weighted by Gasteiger charge is 2.12. The van der Waals surface area contributed by atoms with Crippen molar-refractivity contribution in [3.63, 3.8) is 0 Å². The fourth-order valence-electron chi connectivity index (χ4n) is 2.28. The zero-order valence-corrected chi connectivity index (χ0v) is 18.5. The van der Waals surface area contributed by atoms with Gasteiger partial charge in [0.1, 0.15) is 24.0 Å². The molecule has 4 nitrogen and oxygen atoms in total. The topological polar surface area (TPSA) is 62.1 Å². The van der Waals surface area contributed by atoms with Crippen LogP contribution in [0.1, 0.15) is 18.1 Å². The van der Waals surface area contributed by atoms with Crippen LogP contribution in [0.15, 0.2) is 59.1 Å². The first-order chi connectivity index (χ1) is 13.0. The van der Waals surface area contributed by atoms with E-state index in [1.165, 1.54) is 5.56 Å². The number of hydrogen-bond acceptors (Lipinski definition) is 3. The zero-order chi connectivity index (χ0) is 19.8. The second-order valence-electron chi connectivity index (χ2n) is 5.59. The molecule has 0 aliphatic carbocycles. The van der Waals surface area contributed by atoms with E-state index in [0.29, 0.717) is 18.0 Å². The number of aryl methyl sites for hydroxylation is 1. The summed E-state index contributed by atoms with van der Waals surface area (Å²) < 4.78 is 7.22. The van der Waals surface area contributed by atoms with Crippen LogP contribution < -0.4 is 10.1 Å². The Morgan fingerprint density at radius 2 is 2.07 bits per heavy atom. The Labute approximate surface area is 181 Å². The highest BCUT2D eigenvalue weighted by atomic mass is 127. The van der Waals surface area contributed by atoms with E-state index >= 15 is 0 Å². The van der Waals surface area contributed by atoms with Gasteiger partial charge in [0.15, 0.2) is 0 Å². The van der Waals surface area contributed by atoms with E-state index < -0.39 is 5.91 Å². The van der Waals surface area contributed by atoms with E-state index in [-0.39, 0.29) is 5.57 Å². The fourth-order valence-corrected chi connectivity index (χ4v) is 4.05. The molecule has 0 aromatic heterocycles. The number of nitriles is 1. The van der Waals surface area contributed by atoms with Crippen molar-refractivity contribution in [2.24, 2.45) is 0 Å². The monoisotopic (exact) mass is 536 g/mol. The predicted molar refractivity (Wildman–Crippen MR) is 121 cm³/mol. The molecule has 0 spiro atoms. The normalized spacial score (nSPS) is 10.8. The van der Waals surface area contributed by atoms with E-state index in [4.69, 9.17) is 4.74 Å². The summed E-state index contributed by atoms with van der Waals surface area (Å²) in [5.74, 6) is 0.256. The number of nitrogens with zero attached hydrogens (tertiary/aromatic N) is 1. The molecule has 0 fully saturated rings. The molecule has 2 rings (SSSR count). The first-order valence-electron chi connectivity index (χ1n) is 8.23. The van der Waals surface area contributed by atoms with Crippen LogP contribution in [-0.2, 0) is 11.2 Å². The zero-order valence-electron chi connectivity index (χ0n) is 14.8. The maximum atomic E-state index is 12.4. The quantitative estimate of drug-likeness (QED) is 0.213. The van der Waals surface area contributed by atoms with E-state index in [9.17, 15) is 10.1 Å². The summed E-state index contributed by atoms with van der Waals surface area (Å²) >= 11 is 5.62. The van der Waals surface area contributed by atoms with Gasteiger partial charge in [-0.3, -0.25) is 4.79 Å². The van der Waals surface area contributed by atoms with Crippen molar-refractivity contribution in [1.82, 2.24) is 0 Å². The number of halogens is 2. The second kappa shape index (κ2) is 10.3. The minimum atomic E-state index is -0.445. The maximum Gasteiger partial charge on any atom is 0.266 e. The molecule has 27 heavy (non-hydrogen) atoms. The second-order valence-corrected chi connectivity index (χ2v) is 7.60. The van der Waals surface area contributed by atoms with Crippen LogP contribution >= 0.6 is 38.5 Å². The van der Waals surface area contributed by atoms with Crippen LogP contribution in [0.25, 0.3) is 6.08 Å². The van der Waals surface area contributed by atoms with Gasteiger partial charge in [-0.1, -0.05) is 31.7 Å². The number of carbonyl (C=O) groups excluding carboxylic acids is 1. The van der Waals surface area contributed by atoms with Crippen molar-refractivity contribution in [2.75, 3.05) is 11.9 Å². The molecule has 2 aromatic rings. The Kier molecular flexibility index (Phi) is 8.07. The lowest BCUT2D eigenvalue weighted by Gasteiger charge is -2.10. The number of ether oxygens (including phenoxy) is 1. The van der Waals surface area contributed by atoms with E-state index in [1.54, 1.807) is 18.2 Å². The van der Waals surface area contributed by atoms with E-state index in [0.717, 1.165) is 20.0 Å². The van der Waals surface area contributed by atoms with Crippen molar-refractivity contribution >= 4 is 56.2 Å². The lowest BCUT2D eigenvalue weighted by atomic mass is 10.1. The van der Waals surface area contributed by atoms with Crippen molar-refractivity contribution < 1.29 is 9.53 Å². The Hall–Kier alpha value is -2.11. The van der Waals surface area contributed by atoms with Crippen molar-refractivity contribution in [3.8, 4) is 11.8 Å². The molecule has 0 aliphatic rings. The summed E-state index contributed by atoms with van der Waals surface area (Å²) in [5.41, 5.74) is 2.59. The predicted octanol–water partition coefficient (Wildman–Crippen LogP) is 5.73. The first-order valence-corrected chi connectivity index (χ1v) is 10.1. The van der Waals surface area contributed by atoms with Gasteiger partial charge in [0.2, 0.25) is 0 Å². The maximum absolute atomic E-state index is 12.4. The number of anilines is 1. The SMILES string of the molecule is C=CCOc1c(Br)cc(/C=C(\C#N)C(=O)Nc2ccc(CC)cc2)cc1I. The smallest absolute Gasteiger partial charge is 0.266 e. The average molecular weight is 537 g/mol. The molecular formula is C21H18BrIN2O2. The first kappa shape index (κ1) is 21.2. The molecule has 0 heterocycles. The van der Waals surface area contributed by atoms with Crippen LogP contribution in [0.2, 0.25) is 0 Å². The molecule has 6 heteroatoms. The number of rotatable bonds is 7. The summed E-state index contributed by atoms with van der Waals surface area (Å²) in [7, 11) is 0. The van der Waals surface area contributed by atoms with Gasteiger partial charge in [-0.05, 0) is 86.4 Å². The van der Waals surface area contributed by atoms with Gasteiger partial charge in [0.05, 0.1) is 8.04 Å². The number of hydrogen-bond donors (Lipinski definition) is 1. The van der Waals surface area contributed by atoms with Crippen LogP contribution in [0.4, 0.5) is 5.69 Å². The summed E-state index contributed by atoms with van der Waals surface area (Å²) in [6.07, 6.45) is 4.15. The van der Waals surface area contributed by atoms with Gasteiger partial charge in [-0.15, -0.1) is 0 Å². The number of benzene rings is 2. The summed E-state index contributed by atoms with van der Waals surface area (Å²) in [6, 6.07) is 13.2. The van der Waals surface area contributed by atoms with Gasteiger partial charge in [0, 0.05) is 5.69 Å². The van der Waals surface area contributed by atoms with Gasteiger partial charge < -0.3 is 10.1 Å². The fraction of sp³-hybridized carbons (Fsp3) is 0.143. The Morgan fingerprint density at radius 1 is 1.37 bits per heavy atom. The molecule has 1 N–H and O–H groups in total. The Bertz CT molecular complexity index is 892. The third-order valence-corrected chi connectivity index (χ3v) is 5.05. The third-order valence-electron chi connectivity index (χ3n) is 3.66. The molecule has 138 valence electrons. The van der Waals surface area contributed by atoms with Gasteiger partial charge >= 0.3 is 0 Å². The number of nitrogens with one attached hydrogen (secondary N) is 1. The third kappa shape index (κ3) is 5.94. The Morgan fingerprint density at radius 3 is 2.63 bits per heavy atom. The average Bonchev–Trinajstić information content (AvgIpc) is 2.66. The van der Waals surface area contributed by atoms with E-state index in [1.807, 2.05) is 36.4 Å². The lowest BCUT2D eigenvalue weighted by Crippen LogP contribution is -2.13. The summed E-state index contributed by atoms with van der Waals surface area (Å²) in [4.78, 5) is 12.4. The minimum absolute atomic E-state index is 0.0250. The van der Waals surface area contributed by atoms with Crippen LogP contribution in [-0.4, -0.2) is 12.5 Å². The molecule has 0 saturated heterocycles. The molecule has 0 aliphatic heterocycles. The Balaban J connectivity index is 2.22. The standard InChI is InChI=1S/C21H18BrIN2O2/c1-3-9-27-20-18(22)11-15(12-19(20)23)10-16(13-24)21(26)25-17-7-5-14(4-2)6-8-17/h3,5-8,10-12H,1,4,9H2,2H3,(H,25,26)/b16-10+. The van der Waals surface area contributed by atoms with E-state index in [2.05, 4.69) is 57.3 Å². The van der Waals surface area contributed by atoms with Crippen LogP contribution in [0, 0.1) is 14.9 Å². The highest BCUT2D eigenvalue weighted by Crippen LogP contribution is 2.32. The summed E-state index contributed by atoms with van der Waals surface area (Å²) in [6.45, 7) is 6.10. The largest absolute Gasteiger partial charge is 0.487 e. The van der Waals surface area contributed by atoms with Crippen LogP contribution in [0.5, 0.6) is 5.75 Å². The highest BCUT2D eigenvalue weighted by molar-refractivity contribution is 14.1. The van der Waals surface area contributed by atoms with Crippen LogP contribution in [0.3, 0.4) is 0 Å². The molecule has 1 amide bonds. The van der Waals surface area contributed by atoms with Crippen molar-refractivity contribution in [1.29, 1.82) is 5.26 Å². The summed E-state index contributed by atoms with van der Waals surface area (Å²) in [5, 5.41) is 12.2. The lowest BCUT2D eigenvalue weighted by molar-refractivity contribution is -0.112. The number of carbonyl (C=O) groups is 1. The number of amides is 1. The van der Waals surface area contributed by atoms with Gasteiger partial charge in [-0.25, -0.2) is 0 Å². The van der Waals surface area contributed by atoms with Crippen molar-refractivity contribution in [2.45, 2.75) is 13.3 Å². The van der Waals surface area contributed by atoms with Gasteiger partial charge in [0.25, 0.3) is 5.91 Å². The molecular weight excluding hydrogens is 519 g/mol. The molecule has 0 atom stereocenters.